The van der Waals surface area contributed by atoms with Crippen LogP contribution in [0.15, 0.2) is 71.3 Å². The molecule has 0 saturated carbocycles. The van der Waals surface area contributed by atoms with Gasteiger partial charge in [-0.3, -0.25) is 4.98 Å². The van der Waals surface area contributed by atoms with Crippen LogP contribution in [0, 0.1) is 5.82 Å². The third-order valence-corrected chi connectivity index (χ3v) is 5.81. The number of methoxy groups -OCH3 is 2. The van der Waals surface area contributed by atoms with Gasteiger partial charge in [-0.2, -0.15) is 0 Å². The molecule has 3 aromatic carbocycles. The molecule has 2 N–H and O–H groups in total. The Morgan fingerprint density at radius 3 is 2.49 bits per heavy atom. The molecule has 0 aliphatic carbocycles. The first-order valence-electron chi connectivity index (χ1n) is 10.7. The van der Waals surface area contributed by atoms with Crippen molar-refractivity contribution in [2.75, 3.05) is 19.5 Å². The monoisotopic (exact) mass is 539 g/mol. The van der Waals surface area contributed by atoms with Crippen molar-refractivity contribution in [2.24, 2.45) is 0 Å². The van der Waals surface area contributed by atoms with Crippen molar-refractivity contribution in [3.05, 3.63) is 82.7 Å². The lowest BCUT2D eigenvalue weighted by Gasteiger charge is -2.16. The minimum Gasteiger partial charge on any atom is -0.493 e. The number of ether oxygens (including phenoxy) is 3. The molecule has 4 rings (SSSR count). The maximum atomic E-state index is 14.8. The number of aromatic nitrogens is 1. The molecule has 9 heteroatoms. The average Bonchev–Trinajstić information content (AvgIpc) is 2.85. The number of halogens is 2. The quantitative estimate of drug-likeness (QED) is 0.269. The van der Waals surface area contributed by atoms with Gasteiger partial charge in [0.05, 0.1) is 31.5 Å². The van der Waals surface area contributed by atoms with Crippen molar-refractivity contribution in [2.45, 2.75) is 13.0 Å². The van der Waals surface area contributed by atoms with Gasteiger partial charge in [0.1, 0.15) is 17.3 Å². The highest BCUT2D eigenvalue weighted by molar-refractivity contribution is 9.10. The van der Waals surface area contributed by atoms with Crippen molar-refractivity contribution in [3.8, 4) is 23.0 Å². The largest absolute Gasteiger partial charge is 0.493 e. The molecule has 0 bridgehead atoms. The summed E-state index contributed by atoms with van der Waals surface area (Å²) < 4.78 is 32.3. The van der Waals surface area contributed by atoms with E-state index < -0.39 is 11.8 Å². The van der Waals surface area contributed by atoms with E-state index in [1.54, 1.807) is 37.6 Å². The fourth-order valence-electron chi connectivity index (χ4n) is 3.54. The summed E-state index contributed by atoms with van der Waals surface area (Å²) in [7, 11) is 3.08. The Hall–Kier alpha value is -3.85. The van der Waals surface area contributed by atoms with Crippen molar-refractivity contribution < 1.29 is 23.4 Å². The van der Waals surface area contributed by atoms with E-state index in [9.17, 15) is 9.18 Å². The number of urea groups is 1. The maximum absolute atomic E-state index is 14.8. The molecule has 0 aliphatic rings. The molecular weight excluding hydrogens is 517 g/mol. The average molecular weight is 540 g/mol. The first-order valence-corrected chi connectivity index (χ1v) is 11.5. The van der Waals surface area contributed by atoms with Crippen LogP contribution in [0.5, 0.6) is 23.0 Å². The minimum absolute atomic E-state index is 0.0299. The predicted octanol–water partition coefficient (Wildman–Crippen LogP) is 6.83. The van der Waals surface area contributed by atoms with Gasteiger partial charge in [0, 0.05) is 28.2 Å². The van der Waals surface area contributed by atoms with E-state index in [4.69, 9.17) is 14.2 Å². The number of pyridine rings is 1. The van der Waals surface area contributed by atoms with E-state index in [-0.39, 0.29) is 17.5 Å². The molecule has 180 valence electrons. The zero-order valence-electron chi connectivity index (χ0n) is 19.3. The zero-order chi connectivity index (χ0) is 24.9. The lowest BCUT2D eigenvalue weighted by Crippen LogP contribution is -2.31. The Labute approximate surface area is 210 Å². The summed E-state index contributed by atoms with van der Waals surface area (Å²) in [6.45, 7) is 1.85. The van der Waals surface area contributed by atoms with E-state index in [1.807, 2.05) is 31.2 Å². The van der Waals surface area contributed by atoms with Crippen LogP contribution in [0.2, 0.25) is 0 Å². The number of fused-ring (bicyclic) bond motifs is 1. The highest BCUT2D eigenvalue weighted by atomic mass is 79.9. The van der Waals surface area contributed by atoms with Crippen LogP contribution < -0.4 is 24.8 Å². The first kappa shape index (κ1) is 24.3. The Morgan fingerprint density at radius 2 is 1.77 bits per heavy atom. The summed E-state index contributed by atoms with van der Waals surface area (Å²) in [6, 6.07) is 16.2. The molecule has 35 heavy (non-hydrogen) atoms. The molecule has 0 fully saturated rings. The first-order chi connectivity index (χ1) is 16.9. The molecule has 7 nitrogen and oxygen atoms in total. The van der Waals surface area contributed by atoms with Crippen molar-refractivity contribution >= 4 is 38.6 Å². The third-order valence-electron chi connectivity index (χ3n) is 5.32. The summed E-state index contributed by atoms with van der Waals surface area (Å²) in [5.41, 5.74) is 1.58. The SMILES string of the molecule is COc1cc2nccc(Oc3ccc(NC(=O)N[C@H](C)c4cccc(Br)c4)c(F)c3)c2cc1OC. The molecule has 0 saturated heterocycles. The second-order valence-electron chi connectivity index (χ2n) is 7.65. The highest BCUT2D eigenvalue weighted by Gasteiger charge is 2.14. The molecule has 2 amide bonds. The molecule has 0 unspecified atom stereocenters. The fraction of sp³-hybridized carbons (Fsp3) is 0.154. The van der Waals surface area contributed by atoms with E-state index in [0.29, 0.717) is 28.2 Å². The lowest BCUT2D eigenvalue weighted by atomic mass is 10.1. The van der Waals surface area contributed by atoms with Gasteiger partial charge in [-0.15, -0.1) is 0 Å². The second-order valence-corrected chi connectivity index (χ2v) is 8.57. The second kappa shape index (κ2) is 10.6. The van der Waals surface area contributed by atoms with Gasteiger partial charge in [0.2, 0.25) is 0 Å². The maximum Gasteiger partial charge on any atom is 0.319 e. The van der Waals surface area contributed by atoms with Crippen LogP contribution in [0.1, 0.15) is 18.5 Å². The van der Waals surface area contributed by atoms with Gasteiger partial charge in [0.25, 0.3) is 0 Å². The number of carbonyl (C=O) groups excluding carboxylic acids is 1. The summed E-state index contributed by atoms with van der Waals surface area (Å²) >= 11 is 3.41. The number of anilines is 1. The summed E-state index contributed by atoms with van der Waals surface area (Å²) in [4.78, 5) is 16.7. The lowest BCUT2D eigenvalue weighted by molar-refractivity contribution is 0.249. The fourth-order valence-corrected chi connectivity index (χ4v) is 3.96. The summed E-state index contributed by atoms with van der Waals surface area (Å²) in [5.74, 6) is 1.16. The minimum atomic E-state index is -0.634. The Balaban J connectivity index is 1.48. The highest BCUT2D eigenvalue weighted by Crippen LogP contribution is 2.37. The van der Waals surface area contributed by atoms with Crippen molar-refractivity contribution in [1.29, 1.82) is 0 Å². The molecule has 1 atom stereocenters. The number of hydrogen-bond donors (Lipinski definition) is 2. The normalized spacial score (nSPS) is 11.6. The van der Waals surface area contributed by atoms with Crippen molar-refractivity contribution in [1.82, 2.24) is 10.3 Å². The van der Waals surface area contributed by atoms with Crippen LogP contribution in [0.3, 0.4) is 0 Å². The Morgan fingerprint density at radius 1 is 1.00 bits per heavy atom. The number of rotatable bonds is 7. The Kier molecular flexibility index (Phi) is 7.36. The van der Waals surface area contributed by atoms with Crippen LogP contribution >= 0.6 is 15.9 Å². The molecular formula is C26H23BrFN3O4. The van der Waals surface area contributed by atoms with E-state index in [0.717, 1.165) is 10.0 Å². The zero-order valence-corrected chi connectivity index (χ0v) is 20.9. The standard InChI is InChI=1S/C26H23BrFN3O4/c1-15(16-5-4-6-17(27)11-16)30-26(32)31-21-8-7-18(12-20(21)28)35-23-9-10-29-22-14-25(34-3)24(33-2)13-19(22)23/h4-15H,1-3H3,(H2,30,31,32)/t15-/m1/s1. The number of benzene rings is 3. The van der Waals surface area contributed by atoms with Gasteiger partial charge in [-0.1, -0.05) is 28.1 Å². The van der Waals surface area contributed by atoms with Gasteiger partial charge >= 0.3 is 6.03 Å². The molecule has 1 heterocycles. The molecule has 0 spiro atoms. The molecule has 1 aromatic heterocycles. The van der Waals surface area contributed by atoms with Crippen LogP contribution in [0.4, 0.5) is 14.9 Å². The van der Waals surface area contributed by atoms with E-state index in [1.165, 1.54) is 19.2 Å². The molecule has 4 aromatic rings. The van der Waals surface area contributed by atoms with Crippen molar-refractivity contribution in [3.63, 3.8) is 0 Å². The van der Waals surface area contributed by atoms with Gasteiger partial charge in [0.15, 0.2) is 11.5 Å². The summed E-state index contributed by atoms with van der Waals surface area (Å²) in [5, 5.41) is 6.01. The van der Waals surface area contributed by atoms with E-state index in [2.05, 4.69) is 31.5 Å². The number of nitrogens with one attached hydrogen (secondary N) is 2. The number of amides is 2. The van der Waals surface area contributed by atoms with Gasteiger partial charge < -0.3 is 24.8 Å². The van der Waals surface area contributed by atoms with E-state index >= 15 is 0 Å². The van der Waals surface area contributed by atoms with Gasteiger partial charge in [-0.25, -0.2) is 9.18 Å². The molecule has 0 aliphatic heterocycles. The van der Waals surface area contributed by atoms with Crippen LogP contribution in [-0.2, 0) is 0 Å². The van der Waals surface area contributed by atoms with Gasteiger partial charge in [-0.05, 0) is 48.9 Å². The molecule has 0 radical (unpaired) electrons. The smallest absolute Gasteiger partial charge is 0.319 e. The van der Waals surface area contributed by atoms with Crippen LogP contribution in [-0.4, -0.2) is 25.2 Å². The predicted molar refractivity (Wildman–Crippen MR) is 136 cm³/mol. The topological polar surface area (TPSA) is 81.7 Å². The number of nitrogens with zero attached hydrogens (tertiary/aromatic N) is 1. The number of hydrogen-bond acceptors (Lipinski definition) is 5. The summed E-state index contributed by atoms with van der Waals surface area (Å²) in [6.07, 6.45) is 1.59. The Bertz CT molecular complexity index is 1380. The third kappa shape index (κ3) is 5.63. The van der Waals surface area contributed by atoms with Crippen LogP contribution in [0.25, 0.3) is 10.9 Å². The number of carbonyl (C=O) groups is 1.